The Balaban J connectivity index is 1.64. The Bertz CT molecular complexity index is 1510. The molecule has 0 amide bonds. The van der Waals surface area contributed by atoms with E-state index >= 15 is 0 Å². The van der Waals surface area contributed by atoms with Crippen LogP contribution in [-0.4, -0.2) is 26.9 Å². The van der Waals surface area contributed by atoms with Gasteiger partial charge in [-0.05, 0) is 18.1 Å². The molecule has 0 aliphatic carbocycles. The van der Waals surface area contributed by atoms with Crippen LogP contribution in [0.1, 0.15) is 23.6 Å². The average molecular weight is 498 g/mol. The lowest BCUT2D eigenvalue weighted by Crippen LogP contribution is -2.05. The average Bonchev–Trinajstić information content (AvgIpc) is 3.28. The first-order valence-corrected chi connectivity index (χ1v) is 11.9. The number of nitrogens with zero attached hydrogens (tertiary/aromatic N) is 4. The highest BCUT2D eigenvalue weighted by molar-refractivity contribution is 6.14. The molecule has 0 bridgehead atoms. The number of hydrogen-bond donors (Lipinski definition) is 1. The summed E-state index contributed by atoms with van der Waals surface area (Å²) >= 11 is 0. The molecule has 2 heterocycles. The molecule has 0 saturated carbocycles. The molecule has 0 radical (unpaired) electrons. The number of hydrogen-bond acceptors (Lipinski definition) is 5. The largest absolute Gasteiger partial charge is 0.435 e. The number of rotatable bonds is 8. The van der Waals surface area contributed by atoms with Crippen LogP contribution >= 0.6 is 0 Å². The lowest BCUT2D eigenvalue weighted by Gasteiger charge is -2.14. The molecule has 0 fully saturated rings. The molecule has 0 aliphatic rings. The molecule has 37 heavy (non-hydrogen) atoms. The van der Waals surface area contributed by atoms with Crippen molar-refractivity contribution >= 4 is 34.1 Å². The number of imidazole rings is 1. The first-order chi connectivity index (χ1) is 18.0. The van der Waals surface area contributed by atoms with Gasteiger partial charge in [-0.3, -0.25) is 0 Å². The Morgan fingerprint density at radius 1 is 0.973 bits per heavy atom. The van der Waals surface area contributed by atoms with E-state index in [1.165, 1.54) is 6.07 Å². The quantitative estimate of drug-likeness (QED) is 0.234. The molecule has 1 N–H and O–H groups in total. The van der Waals surface area contributed by atoms with Crippen LogP contribution in [0, 0.1) is 0 Å². The van der Waals surface area contributed by atoms with Crippen molar-refractivity contribution in [3.8, 4) is 5.75 Å². The van der Waals surface area contributed by atoms with Crippen molar-refractivity contribution in [3.63, 3.8) is 0 Å². The third-order valence-electron chi connectivity index (χ3n) is 5.96. The van der Waals surface area contributed by atoms with Crippen LogP contribution in [0.2, 0.25) is 0 Å². The maximum absolute atomic E-state index is 12.8. The summed E-state index contributed by atoms with van der Waals surface area (Å²) in [6.07, 6.45) is 2.41. The fourth-order valence-corrected chi connectivity index (χ4v) is 4.14. The second kappa shape index (κ2) is 10.6. The second-order valence-corrected chi connectivity index (χ2v) is 8.42. The van der Waals surface area contributed by atoms with Gasteiger partial charge in [0.25, 0.3) is 0 Å². The summed E-state index contributed by atoms with van der Waals surface area (Å²) < 4.78 is 32.1. The van der Waals surface area contributed by atoms with Gasteiger partial charge in [-0.2, -0.15) is 8.78 Å². The maximum Gasteiger partial charge on any atom is 0.387 e. The molecule has 0 saturated heterocycles. The summed E-state index contributed by atoms with van der Waals surface area (Å²) in [4.78, 5) is 14.4. The van der Waals surface area contributed by atoms with Crippen molar-refractivity contribution in [1.82, 2.24) is 14.5 Å². The maximum atomic E-state index is 12.8. The molecule has 2 aromatic heterocycles. The number of nitrogens with one attached hydrogen (secondary N) is 1. The Morgan fingerprint density at radius 2 is 1.65 bits per heavy atom. The summed E-state index contributed by atoms with van der Waals surface area (Å²) in [5.41, 5.74) is 5.71. The van der Waals surface area contributed by atoms with Crippen molar-refractivity contribution < 1.29 is 13.5 Å². The SMILES string of the molecule is CCc1ccc(OC(F)F)cc1Nc1cc2c(ncn2C)c(N=C(c2ccccc2)c2ccccc2)n1. The number of fused-ring (bicyclic) bond motifs is 1. The predicted molar refractivity (Wildman–Crippen MR) is 142 cm³/mol. The fraction of sp³-hybridized carbons (Fsp3) is 0.138. The molecule has 0 spiro atoms. The van der Waals surface area contributed by atoms with Crippen LogP contribution in [-0.2, 0) is 13.5 Å². The minimum absolute atomic E-state index is 0.0741. The highest BCUT2D eigenvalue weighted by atomic mass is 19.3. The Hall–Kier alpha value is -4.59. The first-order valence-electron chi connectivity index (χ1n) is 11.9. The minimum Gasteiger partial charge on any atom is -0.435 e. The Morgan fingerprint density at radius 3 is 2.27 bits per heavy atom. The number of aromatic nitrogens is 3. The van der Waals surface area contributed by atoms with Crippen molar-refractivity contribution in [2.45, 2.75) is 20.0 Å². The van der Waals surface area contributed by atoms with Gasteiger partial charge in [0.1, 0.15) is 17.1 Å². The zero-order valence-electron chi connectivity index (χ0n) is 20.4. The molecule has 186 valence electrons. The van der Waals surface area contributed by atoms with Crippen molar-refractivity contribution in [2.75, 3.05) is 5.32 Å². The predicted octanol–water partition coefficient (Wildman–Crippen LogP) is 7.04. The highest BCUT2D eigenvalue weighted by Gasteiger charge is 2.15. The topological polar surface area (TPSA) is 64.3 Å². The summed E-state index contributed by atoms with van der Waals surface area (Å²) in [7, 11) is 1.90. The fourth-order valence-electron chi connectivity index (χ4n) is 4.14. The van der Waals surface area contributed by atoms with E-state index in [2.05, 4.69) is 15.0 Å². The van der Waals surface area contributed by atoms with Gasteiger partial charge in [0.2, 0.25) is 0 Å². The van der Waals surface area contributed by atoms with Gasteiger partial charge in [-0.1, -0.05) is 73.7 Å². The Labute approximate surface area is 213 Å². The first kappa shape index (κ1) is 24.1. The third-order valence-corrected chi connectivity index (χ3v) is 5.96. The minimum atomic E-state index is -2.90. The van der Waals surface area contributed by atoms with E-state index < -0.39 is 6.61 Å². The van der Waals surface area contributed by atoms with E-state index in [9.17, 15) is 8.78 Å². The van der Waals surface area contributed by atoms with Crippen LogP contribution < -0.4 is 10.1 Å². The molecule has 3 aromatic carbocycles. The normalized spacial score (nSPS) is 11.1. The van der Waals surface area contributed by atoms with E-state index in [1.807, 2.05) is 85.3 Å². The van der Waals surface area contributed by atoms with Crippen molar-refractivity contribution in [3.05, 3.63) is 108 Å². The Kier molecular flexibility index (Phi) is 6.89. The molecule has 5 aromatic rings. The van der Waals surface area contributed by atoms with Gasteiger partial charge in [0.05, 0.1) is 17.6 Å². The van der Waals surface area contributed by atoms with Crippen LogP contribution in [0.3, 0.4) is 0 Å². The summed E-state index contributed by atoms with van der Waals surface area (Å²) in [5.74, 6) is 1.03. The number of halogens is 2. The summed E-state index contributed by atoms with van der Waals surface area (Å²) in [6, 6.07) is 26.6. The number of aliphatic imine (C=N–C) groups is 1. The third kappa shape index (κ3) is 5.33. The number of pyridine rings is 1. The number of aryl methyl sites for hydroxylation is 2. The molecule has 8 heteroatoms. The van der Waals surface area contributed by atoms with Gasteiger partial charge in [-0.25, -0.2) is 15.0 Å². The van der Waals surface area contributed by atoms with Crippen LogP contribution in [0.5, 0.6) is 5.75 Å². The van der Waals surface area contributed by atoms with Gasteiger partial charge in [-0.15, -0.1) is 0 Å². The molecule has 0 aliphatic heterocycles. The van der Waals surface area contributed by atoms with Gasteiger partial charge >= 0.3 is 6.61 Å². The number of anilines is 2. The molecular formula is C29H25F2N5O. The smallest absolute Gasteiger partial charge is 0.387 e. The van der Waals surface area contributed by atoms with E-state index in [0.717, 1.165) is 27.9 Å². The second-order valence-electron chi connectivity index (χ2n) is 8.42. The van der Waals surface area contributed by atoms with Crippen molar-refractivity contribution in [1.29, 1.82) is 0 Å². The van der Waals surface area contributed by atoms with Gasteiger partial charge in [0, 0.05) is 36.0 Å². The van der Waals surface area contributed by atoms with E-state index in [4.69, 9.17) is 9.98 Å². The molecule has 6 nitrogen and oxygen atoms in total. The van der Waals surface area contributed by atoms with Crippen molar-refractivity contribution in [2.24, 2.45) is 12.0 Å². The van der Waals surface area contributed by atoms with E-state index in [0.29, 0.717) is 29.3 Å². The van der Waals surface area contributed by atoms with E-state index in [1.54, 1.807) is 18.5 Å². The summed E-state index contributed by atoms with van der Waals surface area (Å²) in [6.45, 7) is -0.910. The number of alkyl halides is 2. The highest BCUT2D eigenvalue weighted by Crippen LogP contribution is 2.31. The monoisotopic (exact) mass is 497 g/mol. The lowest BCUT2D eigenvalue weighted by atomic mass is 10.0. The van der Waals surface area contributed by atoms with Crippen LogP contribution in [0.25, 0.3) is 11.0 Å². The van der Waals surface area contributed by atoms with Gasteiger partial charge < -0.3 is 14.6 Å². The van der Waals surface area contributed by atoms with E-state index in [-0.39, 0.29) is 5.75 Å². The lowest BCUT2D eigenvalue weighted by molar-refractivity contribution is -0.0498. The molecule has 0 atom stereocenters. The zero-order chi connectivity index (χ0) is 25.8. The molecule has 5 rings (SSSR count). The standard InChI is InChI=1S/C29H25F2N5O/c1-3-19-14-15-22(37-29(30)31)16-23(19)33-25-17-24-27(32-18-36(24)2)28(34-25)35-26(20-10-6-4-7-11-20)21-12-8-5-9-13-21/h4-18,29H,3H2,1-2H3,(H,33,34). The summed E-state index contributed by atoms with van der Waals surface area (Å²) in [5, 5.41) is 3.29. The zero-order valence-corrected chi connectivity index (χ0v) is 20.4. The van der Waals surface area contributed by atoms with Crippen LogP contribution in [0.15, 0.2) is 96.2 Å². The molecule has 0 unspecified atom stereocenters. The molecular weight excluding hydrogens is 472 g/mol. The van der Waals surface area contributed by atoms with Crippen LogP contribution in [0.4, 0.5) is 26.1 Å². The van der Waals surface area contributed by atoms with Gasteiger partial charge in [0.15, 0.2) is 5.82 Å². The number of ether oxygens (including phenoxy) is 1. The number of benzene rings is 3.